The minimum absolute atomic E-state index is 0.218. The van der Waals surface area contributed by atoms with Crippen LogP contribution in [0.5, 0.6) is 0 Å². The topological polar surface area (TPSA) is 98.2 Å². The van der Waals surface area contributed by atoms with Crippen LogP contribution in [-0.2, 0) is 20.8 Å². The Bertz CT molecular complexity index is 809. The van der Waals surface area contributed by atoms with Gasteiger partial charge < -0.3 is 20.0 Å². The van der Waals surface area contributed by atoms with Crippen LogP contribution in [0.2, 0.25) is 10.0 Å². The van der Waals surface area contributed by atoms with Crippen LogP contribution in [0, 0.1) is 0 Å². The maximum atomic E-state index is 12.8. The van der Waals surface area contributed by atoms with E-state index in [2.05, 4.69) is 9.80 Å². The number of carbonyl (C=O) groups is 3. The van der Waals surface area contributed by atoms with Crippen molar-refractivity contribution in [2.75, 3.05) is 26.2 Å². The number of rotatable bonds is 6. The van der Waals surface area contributed by atoms with Gasteiger partial charge in [-0.2, -0.15) is 0 Å². The fourth-order valence-electron chi connectivity index (χ4n) is 4.03. The van der Waals surface area contributed by atoms with Crippen LogP contribution in [0.25, 0.3) is 0 Å². The van der Waals surface area contributed by atoms with Crippen molar-refractivity contribution in [2.45, 2.75) is 51.0 Å². The summed E-state index contributed by atoms with van der Waals surface area (Å²) in [5.74, 6) is -2.30. The second kappa shape index (κ2) is 13.5. The van der Waals surface area contributed by atoms with E-state index >= 15 is 0 Å². The molecule has 176 valence electrons. The third-order valence-corrected chi connectivity index (χ3v) is 6.31. The number of carbonyl (C=O) groups excluding carboxylic acids is 1. The Hall–Kier alpha value is -2.09. The molecule has 1 unspecified atom stereocenters. The van der Waals surface area contributed by atoms with Crippen molar-refractivity contribution < 1.29 is 24.6 Å². The number of aliphatic carboxylic acids is 2. The standard InChI is InChI=1S/C19H26Cl2N2O.C4H4O4/c20-17-8-7-15(12-18(17)21)13-19(24)23-11-5-2-6-16(23)14-22-9-3-1-4-10-22;5-3(6)1-2-4(7)8/h7-8,12,16H,1-6,9-11,13-14H2;1-2H,(H,5,6)(H,7,8)/b;2-1+. The number of carboxylic acid groups (broad SMARTS) is 2. The normalized spacial score (nSPS) is 19.3. The Labute approximate surface area is 198 Å². The summed E-state index contributed by atoms with van der Waals surface area (Å²) in [4.78, 5) is 36.6. The molecule has 2 N–H and O–H groups in total. The first-order valence-corrected chi connectivity index (χ1v) is 11.6. The smallest absolute Gasteiger partial charge is 0.328 e. The van der Waals surface area contributed by atoms with E-state index in [0.717, 1.165) is 31.5 Å². The lowest BCUT2D eigenvalue weighted by molar-refractivity contribution is -0.135. The minimum Gasteiger partial charge on any atom is -0.478 e. The van der Waals surface area contributed by atoms with Gasteiger partial charge in [-0.3, -0.25) is 4.79 Å². The maximum Gasteiger partial charge on any atom is 0.328 e. The van der Waals surface area contributed by atoms with Crippen LogP contribution in [0.15, 0.2) is 30.4 Å². The molecular weight excluding hydrogens is 455 g/mol. The Morgan fingerprint density at radius 1 is 0.906 bits per heavy atom. The van der Waals surface area contributed by atoms with E-state index in [4.69, 9.17) is 33.4 Å². The van der Waals surface area contributed by atoms with Crippen LogP contribution >= 0.6 is 23.2 Å². The second-order valence-corrected chi connectivity index (χ2v) is 8.85. The van der Waals surface area contributed by atoms with E-state index in [-0.39, 0.29) is 5.91 Å². The number of piperidine rings is 2. The van der Waals surface area contributed by atoms with Gasteiger partial charge in [0.2, 0.25) is 5.91 Å². The van der Waals surface area contributed by atoms with E-state index in [1.807, 2.05) is 12.1 Å². The molecule has 32 heavy (non-hydrogen) atoms. The number of carboxylic acids is 2. The Kier molecular flexibility index (Phi) is 11.0. The molecule has 3 rings (SSSR count). The molecule has 0 aromatic heterocycles. The molecule has 0 saturated carbocycles. The number of likely N-dealkylation sites (tertiary alicyclic amines) is 2. The quantitative estimate of drug-likeness (QED) is 0.589. The maximum absolute atomic E-state index is 12.8. The number of benzene rings is 1. The zero-order chi connectivity index (χ0) is 23.5. The van der Waals surface area contributed by atoms with Crippen molar-refractivity contribution in [1.82, 2.24) is 9.80 Å². The predicted octanol–water partition coefficient (Wildman–Crippen LogP) is 4.11. The second-order valence-electron chi connectivity index (χ2n) is 8.03. The summed E-state index contributed by atoms with van der Waals surface area (Å²) in [6.45, 7) is 4.29. The van der Waals surface area contributed by atoms with Gasteiger partial charge in [0.1, 0.15) is 0 Å². The summed E-state index contributed by atoms with van der Waals surface area (Å²) < 4.78 is 0. The summed E-state index contributed by atoms with van der Waals surface area (Å²) in [6.07, 6.45) is 8.94. The van der Waals surface area contributed by atoms with Gasteiger partial charge in [-0.1, -0.05) is 35.7 Å². The molecule has 1 aromatic carbocycles. The number of amides is 1. The average molecular weight is 485 g/mol. The molecule has 2 fully saturated rings. The Morgan fingerprint density at radius 2 is 1.53 bits per heavy atom. The van der Waals surface area contributed by atoms with Gasteiger partial charge in [-0.15, -0.1) is 0 Å². The molecule has 1 amide bonds. The molecular formula is C23H30Cl2N2O5. The van der Waals surface area contributed by atoms with Crippen molar-refractivity contribution >= 4 is 41.0 Å². The predicted molar refractivity (Wildman–Crippen MR) is 124 cm³/mol. The summed E-state index contributed by atoms with van der Waals surface area (Å²) in [5, 5.41) is 16.7. The third kappa shape index (κ3) is 9.18. The van der Waals surface area contributed by atoms with Crippen LogP contribution in [-0.4, -0.2) is 70.1 Å². The third-order valence-electron chi connectivity index (χ3n) is 5.57. The number of hydrogen-bond acceptors (Lipinski definition) is 4. The van der Waals surface area contributed by atoms with Crippen LogP contribution in [0.4, 0.5) is 0 Å². The zero-order valence-electron chi connectivity index (χ0n) is 18.0. The van der Waals surface area contributed by atoms with Gasteiger partial charge in [0.25, 0.3) is 0 Å². The highest BCUT2D eigenvalue weighted by Crippen LogP contribution is 2.25. The van der Waals surface area contributed by atoms with Gasteiger partial charge in [-0.05, 0) is 62.9 Å². The van der Waals surface area contributed by atoms with Crippen molar-refractivity contribution in [3.63, 3.8) is 0 Å². The molecule has 2 aliphatic heterocycles. The molecule has 0 radical (unpaired) electrons. The van der Waals surface area contributed by atoms with Gasteiger partial charge in [0.15, 0.2) is 0 Å². The molecule has 1 aromatic rings. The number of halogens is 2. The Balaban J connectivity index is 0.000000390. The highest BCUT2D eigenvalue weighted by Gasteiger charge is 2.28. The van der Waals surface area contributed by atoms with Gasteiger partial charge in [0.05, 0.1) is 16.5 Å². The molecule has 2 aliphatic rings. The lowest BCUT2D eigenvalue weighted by Crippen LogP contribution is -2.50. The minimum atomic E-state index is -1.26. The van der Waals surface area contributed by atoms with Crippen LogP contribution < -0.4 is 0 Å². The lowest BCUT2D eigenvalue weighted by atomic mass is 9.99. The van der Waals surface area contributed by atoms with E-state index < -0.39 is 11.9 Å². The van der Waals surface area contributed by atoms with E-state index in [9.17, 15) is 14.4 Å². The number of hydrogen-bond donors (Lipinski definition) is 2. The van der Waals surface area contributed by atoms with Gasteiger partial charge in [0, 0.05) is 31.3 Å². The fourth-order valence-corrected chi connectivity index (χ4v) is 4.35. The van der Waals surface area contributed by atoms with E-state index in [1.54, 1.807) is 6.07 Å². The highest BCUT2D eigenvalue weighted by atomic mass is 35.5. The molecule has 2 heterocycles. The summed E-state index contributed by atoms with van der Waals surface area (Å²) >= 11 is 12.0. The SMILES string of the molecule is O=C(Cc1ccc(Cl)c(Cl)c1)N1CCCCC1CN1CCCCC1.O=C(O)/C=C/C(=O)O. The molecule has 9 heteroatoms. The molecule has 0 aliphatic carbocycles. The zero-order valence-corrected chi connectivity index (χ0v) is 19.5. The molecule has 2 saturated heterocycles. The van der Waals surface area contributed by atoms with Crippen LogP contribution in [0.3, 0.4) is 0 Å². The fraction of sp³-hybridized carbons (Fsp3) is 0.522. The van der Waals surface area contributed by atoms with E-state index in [0.29, 0.717) is 34.7 Å². The van der Waals surface area contributed by atoms with Crippen LogP contribution in [0.1, 0.15) is 44.1 Å². The average Bonchev–Trinajstić information content (AvgIpc) is 2.76. The molecule has 7 nitrogen and oxygen atoms in total. The first kappa shape index (κ1) is 26.2. The van der Waals surface area contributed by atoms with Crippen molar-refractivity contribution in [2.24, 2.45) is 0 Å². The largest absolute Gasteiger partial charge is 0.478 e. The van der Waals surface area contributed by atoms with Crippen molar-refractivity contribution in [1.29, 1.82) is 0 Å². The summed E-state index contributed by atoms with van der Waals surface area (Å²) in [5.41, 5.74) is 0.941. The lowest BCUT2D eigenvalue weighted by Gasteiger charge is -2.40. The number of nitrogens with zero attached hydrogens (tertiary/aromatic N) is 2. The van der Waals surface area contributed by atoms with Crippen molar-refractivity contribution in [3.8, 4) is 0 Å². The molecule has 1 atom stereocenters. The van der Waals surface area contributed by atoms with Gasteiger partial charge in [-0.25, -0.2) is 9.59 Å². The monoisotopic (exact) mass is 484 g/mol. The summed E-state index contributed by atoms with van der Waals surface area (Å²) in [6, 6.07) is 5.85. The Morgan fingerprint density at radius 3 is 2.12 bits per heavy atom. The van der Waals surface area contributed by atoms with Crippen molar-refractivity contribution in [3.05, 3.63) is 46.0 Å². The van der Waals surface area contributed by atoms with Gasteiger partial charge >= 0.3 is 11.9 Å². The summed E-state index contributed by atoms with van der Waals surface area (Å²) in [7, 11) is 0. The first-order chi connectivity index (χ1) is 15.3. The highest BCUT2D eigenvalue weighted by molar-refractivity contribution is 6.42. The van der Waals surface area contributed by atoms with E-state index in [1.165, 1.54) is 38.8 Å². The molecule has 0 spiro atoms. The molecule has 0 bridgehead atoms. The first-order valence-electron chi connectivity index (χ1n) is 10.9.